The molecule has 0 saturated heterocycles. The Labute approximate surface area is 89.3 Å². The minimum Gasteiger partial charge on any atom is -0.466 e. The summed E-state index contributed by atoms with van der Waals surface area (Å²) in [6.07, 6.45) is 3.27. The Morgan fingerprint density at radius 1 is 0.933 bits per heavy atom. The number of rotatable bonds is 3. The van der Waals surface area contributed by atoms with E-state index in [9.17, 15) is 0 Å². The molecule has 0 atom stereocenters. The van der Waals surface area contributed by atoms with Crippen molar-refractivity contribution in [1.29, 1.82) is 0 Å². The monoisotopic (exact) mass is 196 g/mol. The molecule has 0 saturated carbocycles. The van der Waals surface area contributed by atoms with E-state index in [0.29, 0.717) is 0 Å². The van der Waals surface area contributed by atoms with Gasteiger partial charge in [-0.1, -0.05) is 37.4 Å². The van der Waals surface area contributed by atoms with Crippen LogP contribution in [-0.4, -0.2) is 0 Å². The van der Waals surface area contributed by atoms with Gasteiger partial charge in [0.15, 0.2) is 0 Å². The van der Waals surface area contributed by atoms with Crippen molar-refractivity contribution in [2.24, 2.45) is 0 Å². The van der Waals surface area contributed by atoms with Crippen molar-refractivity contribution in [2.45, 2.75) is 0 Å². The highest BCUT2D eigenvalue weighted by Crippen LogP contribution is 2.22. The minimum atomic E-state index is 0.809. The maximum absolute atomic E-state index is 5.21. The summed E-state index contributed by atoms with van der Waals surface area (Å²) in [7, 11) is 0. The molecule has 0 fully saturated rings. The van der Waals surface area contributed by atoms with Crippen LogP contribution in [0.5, 0.6) is 5.75 Å². The average molecular weight is 196 g/mol. The largest absolute Gasteiger partial charge is 0.466 e. The van der Waals surface area contributed by atoms with E-state index in [1.807, 2.05) is 30.3 Å². The maximum Gasteiger partial charge on any atom is 0.127 e. The zero-order valence-electron chi connectivity index (χ0n) is 8.44. The summed E-state index contributed by atoms with van der Waals surface area (Å²) in [5.74, 6) is 0.809. The summed E-state index contributed by atoms with van der Waals surface area (Å²) in [6.45, 7) is 7.27. The Morgan fingerprint density at radius 3 is 2.40 bits per heavy atom. The van der Waals surface area contributed by atoms with Crippen LogP contribution in [-0.2, 0) is 0 Å². The van der Waals surface area contributed by atoms with Crippen LogP contribution in [0.3, 0.4) is 0 Å². The van der Waals surface area contributed by atoms with E-state index in [1.54, 1.807) is 0 Å². The van der Waals surface area contributed by atoms with Crippen molar-refractivity contribution < 1.29 is 4.74 Å². The zero-order chi connectivity index (χ0) is 10.7. The molecule has 15 heavy (non-hydrogen) atoms. The summed E-state index contributed by atoms with van der Waals surface area (Å²) in [5, 5.41) is 2.34. The molecule has 0 unspecified atom stereocenters. The molecule has 0 aliphatic carbocycles. The molecule has 0 heterocycles. The second-order valence-electron chi connectivity index (χ2n) is 3.26. The molecule has 2 rings (SSSR count). The fourth-order valence-electron chi connectivity index (χ4n) is 1.54. The first-order chi connectivity index (χ1) is 7.33. The molecule has 0 aromatic heterocycles. The standard InChI is InChI=1S/C14H12O/c1-3-11-5-6-13-10-14(15-4-2)8-7-12(13)9-11/h3-10H,1-2H2. The van der Waals surface area contributed by atoms with Crippen LogP contribution < -0.4 is 4.74 Å². The molecule has 0 N–H and O–H groups in total. The van der Waals surface area contributed by atoms with Crippen LogP contribution in [0.4, 0.5) is 0 Å². The fourth-order valence-corrected chi connectivity index (χ4v) is 1.54. The molecule has 0 radical (unpaired) electrons. The molecule has 74 valence electrons. The number of hydrogen-bond donors (Lipinski definition) is 0. The Morgan fingerprint density at radius 2 is 1.67 bits per heavy atom. The Kier molecular flexibility index (Phi) is 2.55. The molecule has 0 bridgehead atoms. The molecule has 1 heteroatoms. The van der Waals surface area contributed by atoms with E-state index < -0.39 is 0 Å². The van der Waals surface area contributed by atoms with Crippen molar-refractivity contribution in [2.75, 3.05) is 0 Å². The van der Waals surface area contributed by atoms with E-state index >= 15 is 0 Å². The van der Waals surface area contributed by atoms with E-state index in [2.05, 4.69) is 25.3 Å². The zero-order valence-corrected chi connectivity index (χ0v) is 8.44. The third kappa shape index (κ3) is 1.91. The van der Waals surface area contributed by atoms with Gasteiger partial charge < -0.3 is 4.74 Å². The highest BCUT2D eigenvalue weighted by atomic mass is 16.5. The number of fused-ring (bicyclic) bond motifs is 1. The predicted molar refractivity (Wildman–Crippen MR) is 64.9 cm³/mol. The first-order valence-corrected chi connectivity index (χ1v) is 4.77. The highest BCUT2D eigenvalue weighted by Gasteiger charge is 1.96. The summed E-state index contributed by atoms with van der Waals surface area (Å²) in [4.78, 5) is 0. The molecule has 0 aliphatic heterocycles. The van der Waals surface area contributed by atoms with Gasteiger partial charge >= 0.3 is 0 Å². The van der Waals surface area contributed by atoms with Gasteiger partial charge in [-0.05, 0) is 34.5 Å². The van der Waals surface area contributed by atoms with Gasteiger partial charge in [0.1, 0.15) is 5.75 Å². The fraction of sp³-hybridized carbons (Fsp3) is 0. The molecular weight excluding hydrogens is 184 g/mol. The van der Waals surface area contributed by atoms with Crippen LogP contribution in [0.1, 0.15) is 5.56 Å². The van der Waals surface area contributed by atoms with Crippen molar-refractivity contribution in [3.8, 4) is 5.75 Å². The maximum atomic E-state index is 5.21. The van der Waals surface area contributed by atoms with Gasteiger partial charge in [-0.3, -0.25) is 0 Å². The van der Waals surface area contributed by atoms with Crippen LogP contribution in [0.25, 0.3) is 16.8 Å². The molecule has 0 amide bonds. The molecular formula is C14H12O. The predicted octanol–water partition coefficient (Wildman–Crippen LogP) is 4.01. The van der Waals surface area contributed by atoms with Gasteiger partial charge in [-0.2, -0.15) is 0 Å². The Balaban J connectivity index is 2.54. The molecule has 1 nitrogen and oxygen atoms in total. The first-order valence-electron chi connectivity index (χ1n) is 4.77. The lowest BCUT2D eigenvalue weighted by Crippen LogP contribution is -1.81. The summed E-state index contributed by atoms with van der Waals surface area (Å²) in [6, 6.07) is 12.1. The lowest BCUT2D eigenvalue weighted by Gasteiger charge is -2.03. The number of benzene rings is 2. The average Bonchev–Trinajstić information content (AvgIpc) is 2.29. The number of hydrogen-bond acceptors (Lipinski definition) is 1. The van der Waals surface area contributed by atoms with Crippen LogP contribution in [0, 0.1) is 0 Å². The summed E-state index contributed by atoms with van der Waals surface area (Å²) >= 11 is 0. The van der Waals surface area contributed by atoms with Crippen LogP contribution in [0.15, 0.2) is 55.8 Å². The van der Waals surface area contributed by atoms with Gasteiger partial charge in [0.2, 0.25) is 0 Å². The topological polar surface area (TPSA) is 9.23 Å². The smallest absolute Gasteiger partial charge is 0.127 e. The molecule has 2 aromatic carbocycles. The quantitative estimate of drug-likeness (QED) is 0.674. The Bertz CT molecular complexity index is 512. The molecule has 0 aliphatic rings. The van der Waals surface area contributed by atoms with E-state index in [-0.39, 0.29) is 0 Å². The summed E-state index contributed by atoms with van der Waals surface area (Å²) in [5.41, 5.74) is 1.12. The van der Waals surface area contributed by atoms with Crippen LogP contribution >= 0.6 is 0 Å². The first kappa shape index (κ1) is 9.53. The lowest BCUT2D eigenvalue weighted by molar-refractivity contribution is 0.484. The van der Waals surface area contributed by atoms with Crippen molar-refractivity contribution in [1.82, 2.24) is 0 Å². The van der Waals surface area contributed by atoms with Crippen molar-refractivity contribution >= 4 is 16.8 Å². The van der Waals surface area contributed by atoms with Gasteiger partial charge in [0, 0.05) is 0 Å². The minimum absolute atomic E-state index is 0.809. The normalized spacial score (nSPS) is 9.87. The van der Waals surface area contributed by atoms with Gasteiger partial charge in [-0.15, -0.1) is 0 Å². The Hall–Kier alpha value is -2.02. The SMILES string of the molecule is C=COc1ccc2cc(C=C)ccc2c1. The van der Waals surface area contributed by atoms with E-state index in [4.69, 9.17) is 4.74 Å². The van der Waals surface area contributed by atoms with E-state index in [1.165, 1.54) is 11.6 Å². The third-order valence-electron chi connectivity index (χ3n) is 2.29. The van der Waals surface area contributed by atoms with Gasteiger partial charge in [0.05, 0.1) is 6.26 Å². The van der Waals surface area contributed by atoms with Gasteiger partial charge in [-0.25, -0.2) is 0 Å². The second kappa shape index (κ2) is 4.01. The lowest BCUT2D eigenvalue weighted by atomic mass is 10.1. The van der Waals surface area contributed by atoms with Crippen molar-refractivity contribution in [3.05, 3.63) is 61.4 Å². The van der Waals surface area contributed by atoms with Crippen LogP contribution in [0.2, 0.25) is 0 Å². The highest BCUT2D eigenvalue weighted by molar-refractivity contribution is 5.85. The molecule has 0 spiro atoms. The molecule has 2 aromatic rings. The second-order valence-corrected chi connectivity index (χ2v) is 3.26. The van der Waals surface area contributed by atoms with E-state index in [0.717, 1.165) is 16.7 Å². The van der Waals surface area contributed by atoms with Crippen molar-refractivity contribution in [3.63, 3.8) is 0 Å². The summed E-state index contributed by atoms with van der Waals surface area (Å²) < 4.78 is 5.21. The number of ether oxygens (including phenoxy) is 1. The van der Waals surface area contributed by atoms with Gasteiger partial charge in [0.25, 0.3) is 0 Å². The third-order valence-corrected chi connectivity index (χ3v) is 2.29.